The predicted molar refractivity (Wildman–Crippen MR) is 59.8 cm³/mol. The molecule has 1 atom stereocenters. The van der Waals surface area contributed by atoms with Crippen molar-refractivity contribution in [3.63, 3.8) is 0 Å². The van der Waals surface area contributed by atoms with E-state index in [0.717, 1.165) is 12.2 Å². The zero-order chi connectivity index (χ0) is 10.7. The summed E-state index contributed by atoms with van der Waals surface area (Å²) in [4.78, 5) is 6.25. The summed E-state index contributed by atoms with van der Waals surface area (Å²) in [7, 11) is 0. The number of ether oxygens (including phenoxy) is 1. The van der Waals surface area contributed by atoms with Crippen LogP contribution < -0.4 is 4.90 Å². The summed E-state index contributed by atoms with van der Waals surface area (Å²) >= 11 is 3.52. The highest BCUT2D eigenvalue weighted by Crippen LogP contribution is 2.24. The molecule has 1 aromatic rings. The van der Waals surface area contributed by atoms with Crippen molar-refractivity contribution in [1.82, 2.24) is 4.98 Å². The van der Waals surface area contributed by atoms with E-state index in [1.807, 2.05) is 12.1 Å². The molecule has 1 aliphatic rings. The number of nitriles is 1. The van der Waals surface area contributed by atoms with Gasteiger partial charge in [-0.2, -0.15) is 5.26 Å². The lowest BCUT2D eigenvalue weighted by atomic mass is 10.2. The fraction of sp³-hybridized carbons (Fsp3) is 0.400. The molecule has 0 N–H and O–H groups in total. The Kier molecular flexibility index (Phi) is 3.19. The van der Waals surface area contributed by atoms with Crippen LogP contribution in [0.15, 0.2) is 18.3 Å². The average molecular weight is 268 g/mol. The number of hydrogen-bond donors (Lipinski definition) is 0. The molecule has 0 amide bonds. The maximum Gasteiger partial charge on any atom is 0.163 e. The molecule has 1 saturated heterocycles. The van der Waals surface area contributed by atoms with Gasteiger partial charge in [-0.25, -0.2) is 4.98 Å². The first kappa shape index (κ1) is 10.4. The van der Waals surface area contributed by atoms with Crippen molar-refractivity contribution in [2.45, 2.75) is 4.95 Å². The standard InChI is InChI=1S/C10H10BrN3O/c11-10-7-15-5-4-14(10)9-2-1-3-13-8(9)6-12/h1-3,10H,4-5,7H2. The number of halogens is 1. The molecule has 0 spiro atoms. The fourth-order valence-corrected chi connectivity index (χ4v) is 2.17. The lowest BCUT2D eigenvalue weighted by Crippen LogP contribution is -2.42. The van der Waals surface area contributed by atoms with Crippen molar-refractivity contribution in [2.24, 2.45) is 0 Å². The molecule has 1 aromatic heterocycles. The molecule has 5 heteroatoms. The largest absolute Gasteiger partial charge is 0.377 e. The van der Waals surface area contributed by atoms with Crippen molar-refractivity contribution >= 4 is 21.6 Å². The summed E-state index contributed by atoms with van der Waals surface area (Å²) in [5, 5.41) is 8.95. The molecule has 0 aliphatic carbocycles. The highest BCUT2D eigenvalue weighted by Gasteiger charge is 2.22. The fourth-order valence-electron chi connectivity index (χ4n) is 1.56. The monoisotopic (exact) mass is 267 g/mol. The SMILES string of the molecule is N#Cc1ncccc1N1CCOCC1Br. The average Bonchev–Trinajstić information content (AvgIpc) is 2.30. The zero-order valence-electron chi connectivity index (χ0n) is 8.06. The Balaban J connectivity index is 2.31. The summed E-state index contributed by atoms with van der Waals surface area (Å²) in [6, 6.07) is 5.85. The van der Waals surface area contributed by atoms with Crippen molar-refractivity contribution in [3.8, 4) is 6.07 Å². The number of nitrogens with zero attached hydrogens (tertiary/aromatic N) is 3. The third-order valence-electron chi connectivity index (χ3n) is 2.27. The van der Waals surface area contributed by atoms with Gasteiger partial charge >= 0.3 is 0 Å². The second-order valence-electron chi connectivity index (χ2n) is 3.19. The van der Waals surface area contributed by atoms with Crippen LogP contribution in [0.2, 0.25) is 0 Å². The molecule has 78 valence electrons. The van der Waals surface area contributed by atoms with Gasteiger partial charge in [0.1, 0.15) is 11.0 Å². The number of rotatable bonds is 1. The van der Waals surface area contributed by atoms with E-state index in [1.165, 1.54) is 0 Å². The van der Waals surface area contributed by atoms with Crippen LogP contribution in [0.3, 0.4) is 0 Å². The lowest BCUT2D eigenvalue weighted by Gasteiger charge is -2.33. The second-order valence-corrected chi connectivity index (χ2v) is 4.24. The van der Waals surface area contributed by atoms with E-state index in [1.54, 1.807) is 6.20 Å². The van der Waals surface area contributed by atoms with E-state index >= 15 is 0 Å². The Bertz CT molecular complexity index is 390. The highest BCUT2D eigenvalue weighted by molar-refractivity contribution is 9.09. The number of hydrogen-bond acceptors (Lipinski definition) is 4. The molecule has 4 nitrogen and oxygen atoms in total. The van der Waals surface area contributed by atoms with Gasteiger partial charge in [0.05, 0.1) is 18.9 Å². The highest BCUT2D eigenvalue weighted by atomic mass is 79.9. The first-order chi connectivity index (χ1) is 7.33. The van der Waals surface area contributed by atoms with Gasteiger partial charge in [-0.15, -0.1) is 0 Å². The molecule has 0 saturated carbocycles. The number of morpholine rings is 1. The van der Waals surface area contributed by atoms with Gasteiger partial charge in [0.15, 0.2) is 5.69 Å². The zero-order valence-corrected chi connectivity index (χ0v) is 9.64. The van der Waals surface area contributed by atoms with Crippen LogP contribution in [0.1, 0.15) is 5.69 Å². The Morgan fingerprint density at radius 1 is 1.67 bits per heavy atom. The molecular weight excluding hydrogens is 258 g/mol. The summed E-state index contributed by atoms with van der Waals surface area (Å²) < 4.78 is 5.32. The van der Waals surface area contributed by atoms with Crippen LogP contribution in [0.25, 0.3) is 0 Å². The molecule has 0 aromatic carbocycles. The van der Waals surface area contributed by atoms with E-state index in [9.17, 15) is 0 Å². The third-order valence-corrected chi connectivity index (χ3v) is 3.03. The van der Waals surface area contributed by atoms with Gasteiger partial charge in [0.2, 0.25) is 0 Å². The molecule has 2 rings (SSSR count). The first-order valence-corrected chi connectivity index (χ1v) is 5.58. The number of aromatic nitrogens is 1. The van der Waals surface area contributed by atoms with Crippen LogP contribution in [0.5, 0.6) is 0 Å². The normalized spacial score (nSPS) is 21.1. The van der Waals surface area contributed by atoms with E-state index < -0.39 is 0 Å². The number of pyridine rings is 1. The molecule has 0 radical (unpaired) electrons. The van der Waals surface area contributed by atoms with Crippen LogP contribution in [0.4, 0.5) is 5.69 Å². The number of alkyl halides is 1. The third kappa shape index (κ3) is 2.11. The maximum atomic E-state index is 8.95. The van der Waals surface area contributed by atoms with Crippen LogP contribution in [-0.4, -0.2) is 29.7 Å². The van der Waals surface area contributed by atoms with Gasteiger partial charge < -0.3 is 9.64 Å². The first-order valence-electron chi connectivity index (χ1n) is 4.66. The summed E-state index contributed by atoms with van der Waals surface area (Å²) in [6.07, 6.45) is 1.63. The maximum absolute atomic E-state index is 8.95. The lowest BCUT2D eigenvalue weighted by molar-refractivity contribution is 0.116. The van der Waals surface area contributed by atoms with Gasteiger partial charge in [0, 0.05) is 12.7 Å². The minimum absolute atomic E-state index is 0.113. The van der Waals surface area contributed by atoms with Gasteiger partial charge in [-0.05, 0) is 12.1 Å². The van der Waals surface area contributed by atoms with Crippen LogP contribution in [0, 0.1) is 11.3 Å². The van der Waals surface area contributed by atoms with Crippen molar-refractivity contribution < 1.29 is 4.74 Å². The minimum atomic E-state index is 0.113. The Morgan fingerprint density at radius 2 is 2.53 bits per heavy atom. The number of anilines is 1. The van der Waals surface area contributed by atoms with Gasteiger partial charge in [-0.1, -0.05) is 15.9 Å². The van der Waals surface area contributed by atoms with E-state index in [2.05, 4.69) is 31.9 Å². The molecule has 1 fully saturated rings. The van der Waals surface area contributed by atoms with Crippen molar-refractivity contribution in [3.05, 3.63) is 24.0 Å². The van der Waals surface area contributed by atoms with Gasteiger partial charge in [0.25, 0.3) is 0 Å². The molecule has 15 heavy (non-hydrogen) atoms. The van der Waals surface area contributed by atoms with E-state index in [0.29, 0.717) is 18.9 Å². The molecule has 0 bridgehead atoms. The van der Waals surface area contributed by atoms with Crippen LogP contribution in [-0.2, 0) is 4.74 Å². The topological polar surface area (TPSA) is 49.2 Å². The van der Waals surface area contributed by atoms with E-state index in [4.69, 9.17) is 10.00 Å². The van der Waals surface area contributed by atoms with E-state index in [-0.39, 0.29) is 4.95 Å². The quantitative estimate of drug-likeness (QED) is 0.572. The summed E-state index contributed by atoms with van der Waals surface area (Å²) in [6.45, 7) is 2.08. The van der Waals surface area contributed by atoms with Gasteiger partial charge in [-0.3, -0.25) is 0 Å². The predicted octanol–water partition coefficient (Wildman–Crippen LogP) is 1.51. The Labute approximate surface area is 96.6 Å². The Hall–Kier alpha value is -1.12. The summed E-state index contributed by atoms with van der Waals surface area (Å²) in [5.41, 5.74) is 1.33. The van der Waals surface area contributed by atoms with Crippen LogP contribution >= 0.6 is 15.9 Å². The molecule has 2 heterocycles. The smallest absolute Gasteiger partial charge is 0.163 e. The Morgan fingerprint density at radius 3 is 3.27 bits per heavy atom. The van der Waals surface area contributed by atoms with Crippen molar-refractivity contribution in [1.29, 1.82) is 5.26 Å². The second kappa shape index (κ2) is 4.60. The molecule has 1 unspecified atom stereocenters. The summed E-state index contributed by atoms with van der Waals surface area (Å²) in [5.74, 6) is 0. The molecule has 1 aliphatic heterocycles. The minimum Gasteiger partial charge on any atom is -0.377 e. The van der Waals surface area contributed by atoms with Crippen molar-refractivity contribution in [2.75, 3.05) is 24.7 Å². The molecular formula is C10H10BrN3O.